The second kappa shape index (κ2) is 5.28. The molecule has 1 aliphatic rings. The van der Waals surface area contributed by atoms with Crippen LogP contribution in [0, 0.1) is 0 Å². The lowest BCUT2D eigenvalue weighted by Gasteiger charge is -2.10. The predicted molar refractivity (Wildman–Crippen MR) is 75.0 cm³/mol. The van der Waals surface area contributed by atoms with E-state index in [0.29, 0.717) is 6.04 Å². The molecule has 0 saturated carbocycles. The van der Waals surface area contributed by atoms with Crippen LogP contribution in [0.3, 0.4) is 0 Å². The van der Waals surface area contributed by atoms with E-state index >= 15 is 0 Å². The first-order valence-corrected chi connectivity index (χ1v) is 7.51. The van der Waals surface area contributed by atoms with E-state index in [1.165, 1.54) is 12.2 Å². The number of thioether (sulfide) groups is 1. The molecule has 1 saturated heterocycles. The van der Waals surface area contributed by atoms with Crippen molar-refractivity contribution in [3.8, 4) is 0 Å². The van der Waals surface area contributed by atoms with E-state index in [9.17, 15) is 0 Å². The van der Waals surface area contributed by atoms with Gasteiger partial charge in [-0.25, -0.2) is 0 Å². The first-order chi connectivity index (χ1) is 8.83. The minimum Gasteiger partial charge on any atom is -0.313 e. The van der Waals surface area contributed by atoms with Crippen LogP contribution >= 0.6 is 11.8 Å². The molecule has 18 heavy (non-hydrogen) atoms. The average molecular weight is 262 g/mol. The van der Waals surface area contributed by atoms with Crippen LogP contribution in [0.15, 0.2) is 24.4 Å². The molecule has 1 N–H and O–H groups in total. The summed E-state index contributed by atoms with van der Waals surface area (Å²) in [6.07, 6.45) is 4.24. The average Bonchev–Trinajstić information content (AvgIpc) is 2.97. The maximum atomic E-state index is 4.24. The van der Waals surface area contributed by atoms with E-state index < -0.39 is 0 Å². The predicted octanol–water partition coefficient (Wildman–Crippen LogP) is 1.76. The summed E-state index contributed by atoms with van der Waals surface area (Å²) >= 11 is 2.06. The molecule has 0 radical (unpaired) electrons. The van der Waals surface area contributed by atoms with Crippen molar-refractivity contribution in [1.29, 1.82) is 0 Å². The number of aromatic nitrogens is 3. The Morgan fingerprint density at radius 3 is 3.22 bits per heavy atom. The first kappa shape index (κ1) is 12.0. The van der Waals surface area contributed by atoms with Gasteiger partial charge in [-0.15, -0.1) is 10.2 Å². The highest BCUT2D eigenvalue weighted by Crippen LogP contribution is 2.25. The van der Waals surface area contributed by atoms with Gasteiger partial charge in [-0.05, 0) is 18.6 Å². The molecular weight excluding hydrogens is 244 g/mol. The minimum absolute atomic E-state index is 0.671. The molecule has 0 aliphatic carbocycles. The Morgan fingerprint density at radius 2 is 2.39 bits per heavy atom. The Morgan fingerprint density at radius 1 is 1.44 bits per heavy atom. The highest BCUT2D eigenvalue weighted by atomic mass is 32.2. The smallest absolute Gasteiger partial charge is 0.160 e. The van der Waals surface area contributed by atoms with Crippen LogP contribution in [0.1, 0.15) is 19.2 Å². The molecule has 0 aromatic carbocycles. The molecule has 5 heteroatoms. The summed E-state index contributed by atoms with van der Waals surface area (Å²) in [5.74, 6) is 2.28. The number of hydrogen-bond donors (Lipinski definition) is 1. The van der Waals surface area contributed by atoms with Gasteiger partial charge in [0, 0.05) is 36.2 Å². The van der Waals surface area contributed by atoms with Crippen molar-refractivity contribution in [1.82, 2.24) is 19.9 Å². The lowest BCUT2D eigenvalue weighted by atomic mass is 10.2. The molecule has 0 amide bonds. The zero-order chi connectivity index (χ0) is 12.4. The molecule has 0 spiro atoms. The van der Waals surface area contributed by atoms with Crippen LogP contribution in [-0.2, 0) is 6.42 Å². The third-order valence-electron chi connectivity index (χ3n) is 3.36. The molecule has 2 unspecified atom stereocenters. The Kier molecular flexibility index (Phi) is 3.52. The molecule has 4 nitrogen and oxygen atoms in total. The quantitative estimate of drug-likeness (QED) is 0.911. The second-order valence-corrected chi connectivity index (χ2v) is 6.30. The largest absolute Gasteiger partial charge is 0.313 e. The second-order valence-electron chi connectivity index (χ2n) is 4.83. The van der Waals surface area contributed by atoms with Gasteiger partial charge in [0.15, 0.2) is 5.65 Å². The Balaban J connectivity index is 1.57. The van der Waals surface area contributed by atoms with Crippen molar-refractivity contribution in [2.45, 2.75) is 31.1 Å². The lowest BCUT2D eigenvalue weighted by molar-refractivity contribution is 0.536. The number of pyridine rings is 1. The van der Waals surface area contributed by atoms with Gasteiger partial charge in [0.05, 0.1) is 0 Å². The van der Waals surface area contributed by atoms with Gasteiger partial charge in [-0.3, -0.25) is 4.40 Å². The molecule has 2 atom stereocenters. The third kappa shape index (κ3) is 2.52. The van der Waals surface area contributed by atoms with Crippen molar-refractivity contribution in [2.24, 2.45) is 0 Å². The molecule has 2 aromatic heterocycles. The molecule has 1 aliphatic heterocycles. The van der Waals surface area contributed by atoms with Crippen molar-refractivity contribution >= 4 is 17.4 Å². The fraction of sp³-hybridized carbons (Fsp3) is 0.538. The number of nitrogens with zero attached hydrogens (tertiary/aromatic N) is 3. The van der Waals surface area contributed by atoms with Crippen molar-refractivity contribution < 1.29 is 0 Å². The van der Waals surface area contributed by atoms with Gasteiger partial charge in [0.25, 0.3) is 0 Å². The highest BCUT2D eigenvalue weighted by Gasteiger charge is 2.20. The van der Waals surface area contributed by atoms with Gasteiger partial charge in [-0.2, -0.15) is 11.8 Å². The van der Waals surface area contributed by atoms with E-state index in [2.05, 4.69) is 38.6 Å². The lowest BCUT2D eigenvalue weighted by Crippen LogP contribution is -2.31. The molecule has 96 valence electrons. The molecule has 0 bridgehead atoms. The maximum absolute atomic E-state index is 4.24. The number of hydrogen-bond acceptors (Lipinski definition) is 4. The van der Waals surface area contributed by atoms with Crippen molar-refractivity contribution in [2.75, 3.05) is 12.3 Å². The number of nitrogens with one attached hydrogen (secondary N) is 1. The van der Waals surface area contributed by atoms with E-state index in [4.69, 9.17) is 0 Å². The van der Waals surface area contributed by atoms with Gasteiger partial charge < -0.3 is 5.32 Å². The van der Waals surface area contributed by atoms with Gasteiger partial charge in [0.1, 0.15) is 5.82 Å². The molecule has 3 rings (SSSR count). The Hall–Kier alpha value is -1.07. The van der Waals surface area contributed by atoms with Crippen LogP contribution in [0.5, 0.6) is 0 Å². The summed E-state index contributed by atoms with van der Waals surface area (Å²) < 4.78 is 2.06. The zero-order valence-corrected chi connectivity index (χ0v) is 11.4. The van der Waals surface area contributed by atoms with Gasteiger partial charge in [0.2, 0.25) is 0 Å². The Labute approximate surface area is 111 Å². The normalized spacial score (nSPS) is 23.8. The summed E-state index contributed by atoms with van der Waals surface area (Å²) in [5, 5.41) is 12.8. The summed E-state index contributed by atoms with van der Waals surface area (Å²) in [6.45, 7) is 3.28. The molecule has 2 aromatic rings. The fourth-order valence-electron chi connectivity index (χ4n) is 2.41. The van der Waals surface area contributed by atoms with Crippen LogP contribution in [-0.4, -0.2) is 38.2 Å². The van der Waals surface area contributed by atoms with Crippen LogP contribution in [0.25, 0.3) is 5.65 Å². The van der Waals surface area contributed by atoms with Crippen molar-refractivity contribution in [3.63, 3.8) is 0 Å². The monoisotopic (exact) mass is 262 g/mol. The SMILES string of the molecule is CC1CC(NCCc2nnc3ccccn23)CS1. The van der Waals surface area contributed by atoms with Crippen molar-refractivity contribution in [3.05, 3.63) is 30.2 Å². The van der Waals surface area contributed by atoms with Crippen LogP contribution < -0.4 is 5.32 Å². The maximum Gasteiger partial charge on any atom is 0.160 e. The number of rotatable bonds is 4. The van der Waals surface area contributed by atoms with E-state index in [1.807, 2.05) is 24.4 Å². The highest BCUT2D eigenvalue weighted by molar-refractivity contribution is 8.00. The van der Waals surface area contributed by atoms with E-state index in [-0.39, 0.29) is 0 Å². The van der Waals surface area contributed by atoms with E-state index in [1.54, 1.807) is 0 Å². The summed E-state index contributed by atoms with van der Waals surface area (Å²) in [7, 11) is 0. The van der Waals surface area contributed by atoms with Crippen LogP contribution in [0.2, 0.25) is 0 Å². The fourth-order valence-corrected chi connectivity index (χ4v) is 3.59. The minimum atomic E-state index is 0.671. The standard InChI is InChI=1S/C13H18N4S/c1-10-8-11(9-18-10)14-6-5-13-16-15-12-4-2-3-7-17(12)13/h2-4,7,10-11,14H,5-6,8-9H2,1H3. The van der Waals surface area contributed by atoms with E-state index in [0.717, 1.165) is 29.7 Å². The molecular formula is C13H18N4S. The molecule has 1 fully saturated rings. The molecule has 3 heterocycles. The van der Waals surface area contributed by atoms with Gasteiger partial charge >= 0.3 is 0 Å². The summed E-state index contributed by atoms with van der Waals surface area (Å²) in [6, 6.07) is 6.66. The summed E-state index contributed by atoms with van der Waals surface area (Å²) in [4.78, 5) is 0. The Bertz CT molecular complexity index is 524. The van der Waals surface area contributed by atoms with Gasteiger partial charge in [-0.1, -0.05) is 13.0 Å². The first-order valence-electron chi connectivity index (χ1n) is 6.46. The topological polar surface area (TPSA) is 42.2 Å². The zero-order valence-electron chi connectivity index (χ0n) is 10.5. The summed E-state index contributed by atoms with van der Waals surface area (Å²) in [5.41, 5.74) is 0.928. The number of fused-ring (bicyclic) bond motifs is 1. The third-order valence-corrected chi connectivity index (χ3v) is 4.72. The van der Waals surface area contributed by atoms with Crippen LogP contribution in [0.4, 0.5) is 0 Å².